The quantitative estimate of drug-likeness (QED) is 0.808. The number of hydrogen-bond donors (Lipinski definition) is 1. The third-order valence-corrected chi connectivity index (χ3v) is 3.45. The van der Waals surface area contributed by atoms with Gasteiger partial charge in [0.25, 0.3) is 0 Å². The molecular weight excluding hydrogens is 272 g/mol. The van der Waals surface area contributed by atoms with Crippen molar-refractivity contribution in [2.45, 2.75) is 19.4 Å². The molecule has 1 saturated heterocycles. The van der Waals surface area contributed by atoms with E-state index in [4.69, 9.17) is 27.4 Å². The second kappa shape index (κ2) is 7.57. The average Bonchev–Trinajstić information content (AvgIpc) is 2.40. The van der Waals surface area contributed by atoms with E-state index in [2.05, 4.69) is 11.8 Å². The number of morpholine rings is 1. The zero-order valence-electron chi connectivity index (χ0n) is 11.9. The summed E-state index contributed by atoms with van der Waals surface area (Å²) in [5, 5.41) is 0. The van der Waals surface area contributed by atoms with Gasteiger partial charge in [-0.15, -0.1) is 0 Å². The molecule has 1 aromatic carbocycles. The lowest BCUT2D eigenvalue weighted by molar-refractivity contribution is -0.0214. The fourth-order valence-corrected chi connectivity index (χ4v) is 2.46. The van der Waals surface area contributed by atoms with E-state index >= 15 is 0 Å². The first-order chi connectivity index (χ1) is 9.63. The van der Waals surface area contributed by atoms with Crippen LogP contribution < -0.4 is 10.5 Å². The summed E-state index contributed by atoms with van der Waals surface area (Å²) in [6.45, 7) is 6.52. The van der Waals surface area contributed by atoms with E-state index < -0.39 is 0 Å². The molecule has 0 radical (unpaired) electrons. The molecule has 5 heteroatoms. The van der Waals surface area contributed by atoms with Crippen LogP contribution in [0.2, 0.25) is 0 Å². The van der Waals surface area contributed by atoms with Crippen LogP contribution in [0.25, 0.3) is 0 Å². The second-order valence-corrected chi connectivity index (χ2v) is 5.64. The van der Waals surface area contributed by atoms with Crippen molar-refractivity contribution in [3.63, 3.8) is 0 Å². The number of thiocarbonyl (C=S) groups is 1. The Morgan fingerprint density at radius 1 is 1.45 bits per heavy atom. The number of rotatable bonds is 6. The van der Waals surface area contributed by atoms with Gasteiger partial charge >= 0.3 is 0 Å². The van der Waals surface area contributed by atoms with Crippen molar-refractivity contribution in [2.75, 3.05) is 32.8 Å². The Morgan fingerprint density at radius 3 is 2.85 bits per heavy atom. The third-order valence-electron chi connectivity index (χ3n) is 3.30. The van der Waals surface area contributed by atoms with Crippen molar-refractivity contribution in [1.29, 1.82) is 0 Å². The summed E-state index contributed by atoms with van der Waals surface area (Å²) < 4.78 is 11.3. The van der Waals surface area contributed by atoms with Gasteiger partial charge in [0, 0.05) is 26.1 Å². The van der Waals surface area contributed by atoms with Crippen LogP contribution in [0.1, 0.15) is 12.5 Å². The van der Waals surface area contributed by atoms with Crippen LogP contribution in [0.4, 0.5) is 0 Å². The van der Waals surface area contributed by atoms with E-state index in [-0.39, 0.29) is 0 Å². The Hall–Kier alpha value is -1.17. The first-order valence-corrected chi connectivity index (χ1v) is 7.38. The maximum absolute atomic E-state index is 5.76. The van der Waals surface area contributed by atoms with Crippen LogP contribution in [0.3, 0.4) is 0 Å². The SMILES string of the molecule is CC1CN(CCOc2ccc(CC(N)=S)cc2)CCO1. The van der Waals surface area contributed by atoms with Gasteiger partial charge in [0.15, 0.2) is 0 Å². The predicted molar refractivity (Wildman–Crippen MR) is 84.3 cm³/mol. The Kier molecular flexibility index (Phi) is 5.76. The van der Waals surface area contributed by atoms with Gasteiger partial charge in [-0.25, -0.2) is 0 Å². The molecule has 1 fully saturated rings. The van der Waals surface area contributed by atoms with Gasteiger partial charge in [-0.2, -0.15) is 0 Å². The molecule has 0 aromatic heterocycles. The van der Waals surface area contributed by atoms with E-state index in [1.165, 1.54) is 0 Å². The highest BCUT2D eigenvalue weighted by atomic mass is 32.1. The second-order valence-electron chi connectivity index (χ2n) is 5.12. The highest BCUT2D eigenvalue weighted by molar-refractivity contribution is 7.80. The number of nitrogens with zero attached hydrogens (tertiary/aromatic N) is 1. The van der Waals surface area contributed by atoms with Gasteiger partial charge in [-0.3, -0.25) is 4.90 Å². The lowest BCUT2D eigenvalue weighted by Gasteiger charge is -2.30. The van der Waals surface area contributed by atoms with E-state index in [9.17, 15) is 0 Å². The Morgan fingerprint density at radius 2 is 2.20 bits per heavy atom. The van der Waals surface area contributed by atoms with Crippen molar-refractivity contribution in [1.82, 2.24) is 4.90 Å². The molecule has 0 amide bonds. The Balaban J connectivity index is 1.72. The van der Waals surface area contributed by atoms with Gasteiger partial charge in [0.1, 0.15) is 12.4 Å². The van der Waals surface area contributed by atoms with E-state index in [1.807, 2.05) is 24.3 Å². The molecular formula is C15H22N2O2S. The minimum Gasteiger partial charge on any atom is -0.492 e. The zero-order chi connectivity index (χ0) is 14.4. The first-order valence-electron chi connectivity index (χ1n) is 6.97. The molecule has 1 aliphatic heterocycles. The van der Waals surface area contributed by atoms with E-state index in [1.54, 1.807) is 0 Å². The Labute approximate surface area is 125 Å². The van der Waals surface area contributed by atoms with Crippen molar-refractivity contribution in [3.05, 3.63) is 29.8 Å². The molecule has 1 unspecified atom stereocenters. The molecule has 2 N–H and O–H groups in total. The molecule has 2 rings (SSSR count). The molecule has 1 aromatic rings. The summed E-state index contributed by atoms with van der Waals surface area (Å²) in [5.41, 5.74) is 6.64. The fourth-order valence-electron chi connectivity index (χ4n) is 2.29. The van der Waals surface area contributed by atoms with Crippen LogP contribution in [-0.4, -0.2) is 48.8 Å². The number of hydrogen-bond acceptors (Lipinski definition) is 4. The van der Waals surface area contributed by atoms with Crippen LogP contribution in [0.5, 0.6) is 5.75 Å². The monoisotopic (exact) mass is 294 g/mol. The van der Waals surface area contributed by atoms with Crippen LogP contribution in [-0.2, 0) is 11.2 Å². The maximum Gasteiger partial charge on any atom is 0.119 e. The molecule has 1 heterocycles. The molecule has 20 heavy (non-hydrogen) atoms. The minimum atomic E-state index is 0.322. The normalized spacial score (nSPS) is 19.8. The van der Waals surface area contributed by atoms with Gasteiger partial charge < -0.3 is 15.2 Å². The zero-order valence-corrected chi connectivity index (χ0v) is 12.7. The summed E-state index contributed by atoms with van der Waals surface area (Å²) >= 11 is 4.89. The molecule has 0 spiro atoms. The highest BCUT2D eigenvalue weighted by Gasteiger charge is 2.15. The topological polar surface area (TPSA) is 47.7 Å². The van der Waals surface area contributed by atoms with Crippen LogP contribution in [0.15, 0.2) is 24.3 Å². The number of benzene rings is 1. The number of nitrogens with two attached hydrogens (primary N) is 1. The van der Waals surface area contributed by atoms with Crippen LogP contribution in [0, 0.1) is 0 Å². The Bertz CT molecular complexity index is 436. The van der Waals surface area contributed by atoms with Gasteiger partial charge in [0.2, 0.25) is 0 Å². The molecule has 1 atom stereocenters. The van der Waals surface area contributed by atoms with Gasteiger partial charge in [-0.1, -0.05) is 24.4 Å². The van der Waals surface area contributed by atoms with Crippen molar-refractivity contribution < 1.29 is 9.47 Å². The first kappa shape index (κ1) is 15.2. The minimum absolute atomic E-state index is 0.322. The van der Waals surface area contributed by atoms with Crippen molar-refractivity contribution in [2.24, 2.45) is 5.73 Å². The lowest BCUT2D eigenvalue weighted by atomic mass is 10.1. The van der Waals surface area contributed by atoms with Crippen molar-refractivity contribution >= 4 is 17.2 Å². The summed E-state index contributed by atoms with van der Waals surface area (Å²) in [4.78, 5) is 2.88. The highest BCUT2D eigenvalue weighted by Crippen LogP contribution is 2.13. The van der Waals surface area contributed by atoms with E-state index in [0.29, 0.717) is 24.1 Å². The maximum atomic E-state index is 5.76. The summed E-state index contributed by atoms with van der Waals surface area (Å²) in [6.07, 6.45) is 0.963. The predicted octanol–water partition coefficient (Wildman–Crippen LogP) is 1.61. The summed E-state index contributed by atoms with van der Waals surface area (Å²) in [7, 11) is 0. The summed E-state index contributed by atoms with van der Waals surface area (Å²) in [5.74, 6) is 0.887. The van der Waals surface area contributed by atoms with Crippen LogP contribution >= 0.6 is 12.2 Å². The number of ether oxygens (including phenoxy) is 2. The average molecular weight is 294 g/mol. The summed E-state index contributed by atoms with van der Waals surface area (Å²) in [6, 6.07) is 7.95. The molecule has 0 aliphatic carbocycles. The molecule has 1 aliphatic rings. The smallest absolute Gasteiger partial charge is 0.119 e. The van der Waals surface area contributed by atoms with Crippen molar-refractivity contribution in [3.8, 4) is 5.75 Å². The third kappa shape index (κ3) is 5.07. The van der Waals surface area contributed by atoms with Gasteiger partial charge in [-0.05, 0) is 24.6 Å². The molecule has 0 bridgehead atoms. The molecule has 110 valence electrons. The fraction of sp³-hybridized carbons (Fsp3) is 0.533. The molecule has 0 saturated carbocycles. The van der Waals surface area contributed by atoms with E-state index in [0.717, 1.165) is 37.6 Å². The van der Waals surface area contributed by atoms with Gasteiger partial charge in [0.05, 0.1) is 17.7 Å². The lowest BCUT2D eigenvalue weighted by Crippen LogP contribution is -2.42. The standard InChI is InChI=1S/C15H22N2O2S/c1-12-11-17(6-8-18-12)7-9-19-14-4-2-13(3-5-14)10-15(16)20/h2-5,12H,6-11H2,1H3,(H2,16,20). The molecule has 4 nitrogen and oxygen atoms in total. The largest absolute Gasteiger partial charge is 0.492 e.